The van der Waals surface area contributed by atoms with Crippen molar-refractivity contribution >= 4 is 32.3 Å². The molecule has 0 saturated heterocycles. The number of pyridine rings is 3. The van der Waals surface area contributed by atoms with Crippen molar-refractivity contribution in [2.75, 3.05) is 0 Å². The summed E-state index contributed by atoms with van der Waals surface area (Å²) in [5, 5.41) is 7.06. The van der Waals surface area contributed by atoms with Gasteiger partial charge in [-0.2, -0.15) is 0 Å². The van der Waals surface area contributed by atoms with Crippen LogP contribution in [0.15, 0.2) is 456 Å². The van der Waals surface area contributed by atoms with Crippen molar-refractivity contribution in [1.29, 1.82) is 0 Å². The molecule has 0 amide bonds. The van der Waals surface area contributed by atoms with Crippen molar-refractivity contribution in [2.24, 2.45) is 0 Å². The second kappa shape index (κ2) is 34.5. The number of hydrogen-bond donors (Lipinski definition) is 0. The maximum Gasteiger partial charge on any atom is 0.160 e. The molecule has 564 valence electrons. The SMILES string of the molecule is [2H]c1c([2H])c([2H])c(-c2ncc(-c3cccc(-c4cccnc4)c3)c(-c3cccc(-c4ccccc4)c3)n2)c([2H])c1[2H].c1ccc(-c2ccc(-c3nc(-c4cc5ccccc5c5ccccc45)ncc3-c3cccc(-c4cccnc4)c3)cc2)cc1.c1ccc(-c2ccc(-c3nc(-c4cccc5ccccc45)ncc3-c3cccc(-c4cccnc4)c3)cc2)cc1. The van der Waals surface area contributed by atoms with E-state index >= 15 is 0 Å². The fourth-order valence-electron chi connectivity index (χ4n) is 15.4. The summed E-state index contributed by atoms with van der Waals surface area (Å²) in [6.07, 6.45) is 16.5. The number of benzene rings is 15. The van der Waals surface area contributed by atoms with Crippen LogP contribution in [-0.2, 0) is 0 Å². The lowest BCUT2D eigenvalue weighted by molar-refractivity contribution is 1.18. The van der Waals surface area contributed by atoms with Gasteiger partial charge in [0.05, 0.1) is 23.9 Å². The van der Waals surface area contributed by atoms with E-state index in [0.717, 1.165) is 128 Å². The Morgan fingerprint density at radius 2 is 0.500 bits per heavy atom. The Morgan fingerprint density at radius 3 is 0.983 bits per heavy atom. The minimum Gasteiger partial charge on any atom is -0.264 e. The van der Waals surface area contributed by atoms with Crippen LogP contribution in [0.4, 0.5) is 0 Å². The molecule has 6 aromatic heterocycles. The van der Waals surface area contributed by atoms with Gasteiger partial charge < -0.3 is 0 Å². The van der Waals surface area contributed by atoms with Gasteiger partial charge in [-0.15, -0.1) is 0 Å². The second-order valence-corrected chi connectivity index (χ2v) is 28.9. The van der Waals surface area contributed by atoms with Crippen LogP contribution >= 0.6 is 0 Å². The van der Waals surface area contributed by atoms with Crippen molar-refractivity contribution in [3.63, 3.8) is 0 Å². The normalized spacial score (nSPS) is 11.6. The van der Waals surface area contributed by atoms with E-state index in [2.05, 4.69) is 275 Å². The highest BCUT2D eigenvalue weighted by atomic mass is 14.9. The third kappa shape index (κ3) is 16.0. The molecule has 9 nitrogen and oxygen atoms in total. The molecule has 0 aliphatic rings. The molecule has 0 bridgehead atoms. The first-order valence-electron chi connectivity index (χ1n) is 42.1. The van der Waals surface area contributed by atoms with Crippen LogP contribution in [0.1, 0.15) is 6.85 Å². The molecule has 15 aromatic carbocycles. The fraction of sp³-hybridized carbons (Fsp3) is 0. The topological polar surface area (TPSA) is 116 Å². The van der Waals surface area contributed by atoms with Crippen molar-refractivity contribution in [3.05, 3.63) is 456 Å². The monoisotopic (exact) mass is 1540 g/mol. The van der Waals surface area contributed by atoms with E-state index in [0.29, 0.717) is 17.3 Å². The van der Waals surface area contributed by atoms with Crippen LogP contribution in [0.25, 0.3) is 200 Å². The van der Waals surface area contributed by atoms with Gasteiger partial charge in [0.1, 0.15) is 0 Å². The summed E-state index contributed by atoms with van der Waals surface area (Å²) < 4.78 is 41.2. The Labute approximate surface area is 703 Å². The Bertz CT molecular complexity index is 7470. The molecule has 120 heavy (non-hydrogen) atoms. The van der Waals surface area contributed by atoms with Gasteiger partial charge in [0.15, 0.2) is 17.5 Å². The molecule has 0 spiro atoms. The first kappa shape index (κ1) is 68.2. The Morgan fingerprint density at radius 1 is 0.175 bits per heavy atom. The molecular weight excluding hydrogens is 1460 g/mol. The maximum atomic E-state index is 8.48. The Balaban J connectivity index is 0.000000123. The standard InChI is InChI=1S/C41H27N3.C37H25N3.C33H23N3/c1-2-10-28(11-3-1)29-19-21-30(22-20-29)40-39(32-14-8-13-31(24-32)34-15-9-23-42-26-34)27-43-41(44-40)38-25-33-12-4-5-16-35(33)36-17-6-7-18-37(36)38;1-2-9-26(10-3-1)27-18-20-29(21-19-27)36-35(31-14-6-13-30(23-31)32-15-8-22-38-24-32)25-39-37(40-36)34-17-7-12-28-11-4-5-16-33(28)34;1-3-10-24(11-4-1)26-14-8-17-29(21-26)32-31(23-35-33(36-32)25-12-5-2-6-13-25)28-16-7-15-27(20-28)30-18-9-19-34-22-30/h1-27H;1-25H;1-23H/i;;2D,5D,6D,12D,13D. The van der Waals surface area contributed by atoms with Gasteiger partial charge in [0.25, 0.3) is 0 Å². The summed E-state index contributed by atoms with van der Waals surface area (Å²) in [6.45, 7) is 0. The van der Waals surface area contributed by atoms with E-state index in [4.69, 9.17) is 31.8 Å². The fourth-order valence-corrected chi connectivity index (χ4v) is 15.4. The highest BCUT2D eigenvalue weighted by Crippen LogP contribution is 2.42. The highest BCUT2D eigenvalue weighted by Gasteiger charge is 2.21. The summed E-state index contributed by atoms with van der Waals surface area (Å²) in [5.41, 5.74) is 26.1. The minimum absolute atomic E-state index is 0.0351. The third-order valence-electron chi connectivity index (χ3n) is 21.4. The van der Waals surface area contributed by atoms with Crippen LogP contribution in [0, 0.1) is 0 Å². The maximum absolute atomic E-state index is 8.48. The van der Waals surface area contributed by atoms with Crippen molar-refractivity contribution in [3.8, 4) is 168 Å². The average Bonchev–Trinajstić information content (AvgIpc) is 0.745. The number of nitrogens with zero attached hydrogens (tertiary/aromatic N) is 9. The van der Waals surface area contributed by atoms with Crippen LogP contribution in [0.2, 0.25) is 0 Å². The van der Waals surface area contributed by atoms with Crippen molar-refractivity contribution in [1.82, 2.24) is 44.9 Å². The zero-order valence-corrected chi connectivity index (χ0v) is 64.9. The first-order valence-corrected chi connectivity index (χ1v) is 39.6. The van der Waals surface area contributed by atoms with Gasteiger partial charge in [0, 0.05) is 123 Å². The summed E-state index contributed by atoms with van der Waals surface area (Å²) in [4.78, 5) is 42.8. The van der Waals surface area contributed by atoms with Gasteiger partial charge in [-0.1, -0.05) is 352 Å². The summed E-state index contributed by atoms with van der Waals surface area (Å²) in [7, 11) is 0. The largest absolute Gasteiger partial charge is 0.264 e. The molecule has 21 rings (SSSR count). The smallest absolute Gasteiger partial charge is 0.160 e. The summed E-state index contributed by atoms with van der Waals surface area (Å²) >= 11 is 0. The molecule has 0 aliphatic heterocycles. The quantitative estimate of drug-likeness (QED) is 0.0925. The van der Waals surface area contributed by atoms with Gasteiger partial charge in [-0.25, -0.2) is 29.9 Å². The zero-order valence-electron chi connectivity index (χ0n) is 69.9. The molecule has 0 saturated carbocycles. The average molecular weight is 1540 g/mol. The lowest BCUT2D eigenvalue weighted by atomic mass is 9.95. The molecule has 0 radical (unpaired) electrons. The molecule has 0 aliphatic carbocycles. The van der Waals surface area contributed by atoms with E-state index < -0.39 is 18.1 Å². The van der Waals surface area contributed by atoms with E-state index in [1.165, 1.54) is 43.8 Å². The van der Waals surface area contributed by atoms with Crippen molar-refractivity contribution in [2.45, 2.75) is 0 Å². The molecule has 9 heteroatoms. The van der Waals surface area contributed by atoms with Gasteiger partial charge >= 0.3 is 0 Å². The highest BCUT2D eigenvalue weighted by molar-refractivity contribution is 6.13. The van der Waals surface area contributed by atoms with Crippen LogP contribution in [0.5, 0.6) is 0 Å². The lowest BCUT2D eigenvalue weighted by Gasteiger charge is -2.15. The predicted octanol–water partition coefficient (Wildman–Crippen LogP) is 28.1. The van der Waals surface area contributed by atoms with Crippen LogP contribution in [-0.4, -0.2) is 44.9 Å². The van der Waals surface area contributed by atoms with Gasteiger partial charge in [-0.3, -0.25) is 15.0 Å². The summed E-state index contributed by atoms with van der Waals surface area (Å²) in [5.74, 6) is 1.49. The number of aromatic nitrogens is 9. The molecule has 0 atom stereocenters. The number of fused-ring (bicyclic) bond motifs is 4. The van der Waals surface area contributed by atoms with E-state index in [1.54, 1.807) is 31.0 Å². The summed E-state index contributed by atoms with van der Waals surface area (Å²) in [6, 6.07) is 125. The molecule has 6 heterocycles. The first-order chi connectivity index (χ1) is 61.6. The molecule has 0 N–H and O–H groups in total. The lowest BCUT2D eigenvalue weighted by Crippen LogP contribution is -1.97. The van der Waals surface area contributed by atoms with E-state index in [9.17, 15) is 0 Å². The predicted molar refractivity (Wildman–Crippen MR) is 494 cm³/mol. The number of rotatable bonds is 15. The number of hydrogen-bond acceptors (Lipinski definition) is 9. The van der Waals surface area contributed by atoms with Crippen LogP contribution < -0.4 is 0 Å². The minimum atomic E-state index is -0.455. The zero-order chi connectivity index (χ0) is 84.5. The van der Waals surface area contributed by atoms with E-state index in [-0.39, 0.29) is 23.5 Å². The van der Waals surface area contributed by atoms with Gasteiger partial charge in [-0.05, 0) is 148 Å². The molecule has 0 unspecified atom stereocenters. The Hall–Kier alpha value is -16.2. The third-order valence-corrected chi connectivity index (χ3v) is 21.4. The van der Waals surface area contributed by atoms with E-state index in [1.807, 2.05) is 140 Å². The Kier molecular flexibility index (Phi) is 19.6. The molecular formula is C111H75N9. The van der Waals surface area contributed by atoms with Gasteiger partial charge in [0.2, 0.25) is 0 Å². The molecule has 0 fully saturated rings. The van der Waals surface area contributed by atoms with Crippen molar-refractivity contribution < 1.29 is 6.85 Å². The molecule has 21 aromatic rings. The second-order valence-electron chi connectivity index (χ2n) is 28.9. The van der Waals surface area contributed by atoms with Crippen LogP contribution in [0.3, 0.4) is 0 Å².